The number of ether oxygens (including phenoxy) is 2. The van der Waals surface area contributed by atoms with Crippen LogP contribution in [0.4, 0.5) is 15.9 Å². The highest BCUT2D eigenvalue weighted by Crippen LogP contribution is 2.45. The number of fused-ring (bicyclic) bond motifs is 6. The topological polar surface area (TPSA) is 95.2 Å². The number of benzene rings is 2. The van der Waals surface area contributed by atoms with Gasteiger partial charge in [0.2, 0.25) is 0 Å². The SMILES string of the molecule is COCCN(CCOC)CCn1cc2c(n1)CCc1c-2sc2ncnc(Nc3ccc4c(cnn4Cc4cccc(F)c4)c3)c12. The van der Waals surface area contributed by atoms with Gasteiger partial charge in [-0.05, 0) is 54.3 Å². The molecule has 12 heteroatoms. The Morgan fingerprint density at radius 3 is 2.71 bits per heavy atom. The fourth-order valence-electron chi connectivity index (χ4n) is 5.99. The highest BCUT2D eigenvalue weighted by molar-refractivity contribution is 7.22. The molecular formula is C33H35FN8O2S. The van der Waals surface area contributed by atoms with Gasteiger partial charge in [0.15, 0.2) is 0 Å². The summed E-state index contributed by atoms with van der Waals surface area (Å²) in [6.45, 7) is 5.28. The zero-order valence-electron chi connectivity index (χ0n) is 25.4. The minimum absolute atomic E-state index is 0.244. The number of thiophene rings is 1. The molecular weight excluding hydrogens is 591 g/mol. The molecule has 0 saturated carbocycles. The first-order chi connectivity index (χ1) is 22.1. The largest absolute Gasteiger partial charge is 0.383 e. The van der Waals surface area contributed by atoms with E-state index in [2.05, 4.69) is 42.2 Å². The standard InChI is InChI=1S/C33H35FN8O2S/c1-43-14-12-40(13-15-44-2)10-11-41-20-27-28(39-41)8-7-26-30-32(35-21-36-33(30)45-31(26)27)38-25-6-9-29-23(17-25)18-37-42(29)19-22-4-3-5-24(34)16-22/h3-6,9,16-18,20-21H,7-8,10-15,19H2,1-2H3,(H,35,36,38). The van der Waals surface area contributed by atoms with Crippen molar-refractivity contribution in [1.29, 1.82) is 0 Å². The lowest BCUT2D eigenvalue weighted by atomic mass is 9.95. The van der Waals surface area contributed by atoms with Gasteiger partial charge in [0, 0.05) is 61.6 Å². The first-order valence-electron chi connectivity index (χ1n) is 15.1. The van der Waals surface area contributed by atoms with E-state index in [1.807, 2.05) is 29.1 Å². The van der Waals surface area contributed by atoms with Crippen molar-refractivity contribution in [3.63, 3.8) is 0 Å². The van der Waals surface area contributed by atoms with Gasteiger partial charge in [0.1, 0.15) is 22.8 Å². The molecule has 2 aromatic carbocycles. The van der Waals surface area contributed by atoms with Gasteiger partial charge in [-0.25, -0.2) is 14.4 Å². The van der Waals surface area contributed by atoms with Crippen LogP contribution in [0.25, 0.3) is 31.6 Å². The Balaban J connectivity index is 1.12. The molecule has 1 N–H and O–H groups in total. The van der Waals surface area contributed by atoms with E-state index < -0.39 is 0 Å². The van der Waals surface area contributed by atoms with E-state index in [-0.39, 0.29) is 5.82 Å². The predicted molar refractivity (Wildman–Crippen MR) is 175 cm³/mol. The summed E-state index contributed by atoms with van der Waals surface area (Å²) in [5.74, 6) is 0.554. The zero-order chi connectivity index (χ0) is 30.8. The molecule has 1 aliphatic rings. The molecule has 4 aromatic heterocycles. The normalized spacial score (nSPS) is 12.7. The molecule has 6 aromatic rings. The van der Waals surface area contributed by atoms with Crippen LogP contribution in [-0.2, 0) is 35.4 Å². The van der Waals surface area contributed by atoms with Crippen LogP contribution in [0.15, 0.2) is 61.2 Å². The van der Waals surface area contributed by atoms with Crippen molar-refractivity contribution in [3.05, 3.63) is 83.8 Å². The first-order valence-corrected chi connectivity index (χ1v) is 15.9. The average molecular weight is 627 g/mol. The summed E-state index contributed by atoms with van der Waals surface area (Å²) < 4.78 is 28.3. The van der Waals surface area contributed by atoms with Gasteiger partial charge in [-0.3, -0.25) is 14.3 Å². The Morgan fingerprint density at radius 1 is 1.02 bits per heavy atom. The number of methoxy groups -OCH3 is 2. The number of aromatic nitrogens is 6. The number of nitrogens with one attached hydrogen (secondary N) is 1. The fraction of sp³-hybridized carbons (Fsp3) is 0.333. The molecule has 4 heterocycles. The molecule has 0 aliphatic heterocycles. The zero-order valence-corrected chi connectivity index (χ0v) is 26.2. The summed E-state index contributed by atoms with van der Waals surface area (Å²) in [6, 6.07) is 12.8. The number of halogens is 1. The van der Waals surface area contributed by atoms with E-state index >= 15 is 0 Å². The molecule has 232 valence electrons. The van der Waals surface area contributed by atoms with Crippen LogP contribution < -0.4 is 5.32 Å². The Bertz CT molecular complexity index is 1940. The number of hydrogen-bond donors (Lipinski definition) is 1. The Hall–Kier alpha value is -4.23. The highest BCUT2D eigenvalue weighted by Gasteiger charge is 2.26. The van der Waals surface area contributed by atoms with Crippen LogP contribution in [0.2, 0.25) is 0 Å². The Labute approximate surface area is 264 Å². The summed E-state index contributed by atoms with van der Waals surface area (Å²) in [5.41, 5.74) is 6.37. The van der Waals surface area contributed by atoms with E-state index in [0.717, 1.165) is 82.9 Å². The molecule has 0 spiro atoms. The van der Waals surface area contributed by atoms with E-state index in [1.165, 1.54) is 22.1 Å². The quantitative estimate of drug-likeness (QED) is 0.179. The van der Waals surface area contributed by atoms with Gasteiger partial charge in [0.05, 0.1) is 49.1 Å². The highest BCUT2D eigenvalue weighted by atomic mass is 32.1. The van der Waals surface area contributed by atoms with Gasteiger partial charge in [-0.1, -0.05) is 12.1 Å². The summed E-state index contributed by atoms with van der Waals surface area (Å²) in [6.07, 6.45) is 7.42. The van der Waals surface area contributed by atoms with Crippen LogP contribution in [-0.4, -0.2) is 81.5 Å². The van der Waals surface area contributed by atoms with Gasteiger partial charge >= 0.3 is 0 Å². The van der Waals surface area contributed by atoms with Crippen LogP contribution in [0.5, 0.6) is 0 Å². The predicted octanol–water partition coefficient (Wildman–Crippen LogP) is 5.53. The molecule has 0 fully saturated rings. The number of rotatable bonds is 13. The maximum atomic E-state index is 13.7. The number of hydrogen-bond acceptors (Lipinski definition) is 9. The number of nitrogens with zero attached hydrogens (tertiary/aromatic N) is 7. The molecule has 0 amide bonds. The van der Waals surface area contributed by atoms with Gasteiger partial charge in [-0.15, -0.1) is 11.3 Å². The summed E-state index contributed by atoms with van der Waals surface area (Å²) in [5, 5.41) is 15.1. The molecule has 45 heavy (non-hydrogen) atoms. The van der Waals surface area contributed by atoms with Crippen LogP contribution in [0, 0.1) is 5.82 Å². The molecule has 0 unspecified atom stereocenters. The van der Waals surface area contributed by atoms with Crippen LogP contribution >= 0.6 is 11.3 Å². The number of aryl methyl sites for hydroxylation is 2. The van der Waals surface area contributed by atoms with Crippen LogP contribution in [0.1, 0.15) is 16.8 Å². The average Bonchev–Trinajstić information content (AvgIpc) is 3.76. The minimum atomic E-state index is -0.244. The molecule has 0 saturated heterocycles. The van der Waals surface area contributed by atoms with Crippen molar-refractivity contribution in [3.8, 4) is 10.4 Å². The summed E-state index contributed by atoms with van der Waals surface area (Å²) in [7, 11) is 3.46. The van der Waals surface area contributed by atoms with E-state index in [4.69, 9.17) is 14.6 Å². The van der Waals surface area contributed by atoms with Gasteiger partial charge in [-0.2, -0.15) is 10.2 Å². The monoisotopic (exact) mass is 626 g/mol. The second-order valence-electron chi connectivity index (χ2n) is 11.2. The smallest absolute Gasteiger partial charge is 0.142 e. The summed E-state index contributed by atoms with van der Waals surface area (Å²) >= 11 is 1.71. The molecule has 7 rings (SSSR count). The van der Waals surface area contributed by atoms with Crippen molar-refractivity contribution in [1.82, 2.24) is 34.4 Å². The molecule has 0 radical (unpaired) electrons. The van der Waals surface area contributed by atoms with Gasteiger partial charge < -0.3 is 14.8 Å². The van der Waals surface area contributed by atoms with E-state index in [9.17, 15) is 4.39 Å². The molecule has 10 nitrogen and oxygen atoms in total. The Morgan fingerprint density at radius 2 is 1.89 bits per heavy atom. The van der Waals surface area contributed by atoms with Crippen molar-refractivity contribution in [2.75, 3.05) is 52.4 Å². The third-order valence-corrected chi connectivity index (χ3v) is 9.45. The molecule has 0 bridgehead atoms. The lowest BCUT2D eigenvalue weighted by Crippen LogP contribution is -2.33. The Kier molecular flexibility index (Phi) is 8.53. The van der Waals surface area contributed by atoms with E-state index in [0.29, 0.717) is 19.8 Å². The third kappa shape index (κ3) is 6.19. The molecule has 1 aliphatic carbocycles. The molecule has 0 atom stereocenters. The maximum absolute atomic E-state index is 13.7. The third-order valence-electron chi connectivity index (χ3n) is 8.28. The first kappa shape index (κ1) is 29.5. The van der Waals surface area contributed by atoms with E-state index in [1.54, 1.807) is 44.0 Å². The lowest BCUT2D eigenvalue weighted by molar-refractivity contribution is 0.111. The van der Waals surface area contributed by atoms with Crippen molar-refractivity contribution >= 4 is 44.0 Å². The number of anilines is 2. The summed E-state index contributed by atoms with van der Waals surface area (Å²) in [4.78, 5) is 13.9. The van der Waals surface area contributed by atoms with Crippen molar-refractivity contribution in [2.45, 2.75) is 25.9 Å². The fourth-order valence-corrected chi connectivity index (χ4v) is 7.21. The maximum Gasteiger partial charge on any atom is 0.142 e. The second kappa shape index (κ2) is 13.0. The van der Waals surface area contributed by atoms with Crippen LogP contribution in [0.3, 0.4) is 0 Å². The van der Waals surface area contributed by atoms with Crippen molar-refractivity contribution in [2.24, 2.45) is 0 Å². The second-order valence-corrected chi connectivity index (χ2v) is 12.2. The lowest BCUT2D eigenvalue weighted by Gasteiger charge is -2.21. The van der Waals surface area contributed by atoms with Crippen molar-refractivity contribution < 1.29 is 13.9 Å². The van der Waals surface area contributed by atoms with Gasteiger partial charge in [0.25, 0.3) is 0 Å². The minimum Gasteiger partial charge on any atom is -0.383 e.